The van der Waals surface area contributed by atoms with E-state index in [2.05, 4.69) is 20.6 Å². The van der Waals surface area contributed by atoms with Gasteiger partial charge in [0.05, 0.1) is 28.7 Å². The minimum absolute atomic E-state index is 0.133. The maximum absolute atomic E-state index is 13.2. The van der Waals surface area contributed by atoms with E-state index >= 15 is 0 Å². The van der Waals surface area contributed by atoms with Gasteiger partial charge in [-0.25, -0.2) is 9.37 Å². The molecule has 2 N–H and O–H groups in total. The molecule has 28 heavy (non-hydrogen) atoms. The molecule has 1 aliphatic rings. The molecule has 0 spiro atoms. The van der Waals surface area contributed by atoms with Gasteiger partial charge in [0.15, 0.2) is 0 Å². The molecular weight excluding hydrogens is 381 g/mol. The Bertz CT molecular complexity index is 824. The van der Waals surface area contributed by atoms with Crippen molar-refractivity contribution in [2.45, 2.75) is 31.7 Å². The van der Waals surface area contributed by atoms with E-state index in [0.717, 1.165) is 32.2 Å². The molecule has 2 heterocycles. The molecule has 3 rings (SSSR count). The fourth-order valence-corrected chi connectivity index (χ4v) is 3.66. The second-order valence-corrected chi connectivity index (χ2v) is 7.82. The molecule has 0 atom stereocenters. The first-order valence-electron chi connectivity index (χ1n) is 9.40. The lowest BCUT2D eigenvalue weighted by Gasteiger charge is -2.29. The van der Waals surface area contributed by atoms with Crippen molar-refractivity contribution in [3.8, 4) is 0 Å². The van der Waals surface area contributed by atoms with Crippen molar-refractivity contribution in [3.05, 3.63) is 47.1 Å². The Hall–Kier alpha value is -2.41. The number of pyridine rings is 2. The van der Waals surface area contributed by atoms with Gasteiger partial charge in [0.25, 0.3) is 5.91 Å². The van der Waals surface area contributed by atoms with Crippen LogP contribution < -0.4 is 15.5 Å². The fraction of sp³-hybridized carbons (Fsp3) is 0.450. The molecule has 1 amide bonds. The van der Waals surface area contributed by atoms with Gasteiger partial charge in [0, 0.05) is 38.9 Å². The zero-order valence-electron chi connectivity index (χ0n) is 16.1. The van der Waals surface area contributed by atoms with E-state index in [-0.39, 0.29) is 17.8 Å². The van der Waals surface area contributed by atoms with Gasteiger partial charge >= 0.3 is 0 Å². The summed E-state index contributed by atoms with van der Waals surface area (Å²) < 4.78 is 13.2. The van der Waals surface area contributed by atoms with Crippen LogP contribution in [-0.2, 0) is 0 Å². The average Bonchev–Trinajstić information content (AvgIpc) is 2.67. The molecule has 0 radical (unpaired) electrons. The molecule has 0 unspecified atom stereocenters. The van der Waals surface area contributed by atoms with Crippen molar-refractivity contribution >= 4 is 29.0 Å². The smallest absolute Gasteiger partial charge is 0.255 e. The summed E-state index contributed by atoms with van der Waals surface area (Å²) in [5, 5.41) is 6.80. The Morgan fingerprint density at radius 3 is 2.64 bits per heavy atom. The number of halogens is 2. The molecule has 0 aliphatic heterocycles. The lowest BCUT2D eigenvalue weighted by Crippen LogP contribution is -2.39. The Labute approximate surface area is 169 Å². The van der Waals surface area contributed by atoms with Crippen LogP contribution in [0.4, 0.5) is 15.9 Å². The lowest BCUT2D eigenvalue weighted by atomic mass is 9.86. The molecule has 1 fully saturated rings. The summed E-state index contributed by atoms with van der Waals surface area (Å²) in [6.45, 7) is 0.773. The SMILES string of the molecule is CN(C)c1ncc(Cl)cc1C(=O)NC1CCC(CNc2cncc(F)c2)CC1. The second-order valence-electron chi connectivity index (χ2n) is 7.38. The van der Waals surface area contributed by atoms with Gasteiger partial charge < -0.3 is 15.5 Å². The van der Waals surface area contributed by atoms with Gasteiger partial charge in [-0.3, -0.25) is 9.78 Å². The number of carbonyl (C=O) groups excluding carboxylic acids is 1. The summed E-state index contributed by atoms with van der Waals surface area (Å²) in [4.78, 5) is 22.6. The van der Waals surface area contributed by atoms with Crippen molar-refractivity contribution in [2.24, 2.45) is 5.92 Å². The number of rotatable bonds is 6. The molecule has 6 nitrogen and oxygen atoms in total. The number of hydrogen-bond donors (Lipinski definition) is 2. The summed E-state index contributed by atoms with van der Waals surface area (Å²) >= 11 is 6.03. The van der Waals surface area contributed by atoms with Crippen LogP contribution in [0.15, 0.2) is 30.7 Å². The van der Waals surface area contributed by atoms with Crippen molar-refractivity contribution in [2.75, 3.05) is 30.9 Å². The van der Waals surface area contributed by atoms with Crippen molar-refractivity contribution in [3.63, 3.8) is 0 Å². The quantitative estimate of drug-likeness (QED) is 0.766. The highest BCUT2D eigenvalue weighted by molar-refractivity contribution is 6.31. The van der Waals surface area contributed by atoms with Crippen LogP contribution in [0.5, 0.6) is 0 Å². The number of nitrogens with one attached hydrogen (secondary N) is 2. The summed E-state index contributed by atoms with van der Waals surface area (Å²) in [5.74, 6) is 0.597. The number of aromatic nitrogens is 2. The summed E-state index contributed by atoms with van der Waals surface area (Å²) in [7, 11) is 3.69. The van der Waals surface area contributed by atoms with E-state index in [9.17, 15) is 9.18 Å². The predicted molar refractivity (Wildman–Crippen MR) is 109 cm³/mol. The molecule has 1 saturated carbocycles. The highest BCUT2D eigenvalue weighted by atomic mass is 35.5. The van der Waals surface area contributed by atoms with Crippen LogP contribution >= 0.6 is 11.6 Å². The highest BCUT2D eigenvalue weighted by Gasteiger charge is 2.24. The Morgan fingerprint density at radius 2 is 1.96 bits per heavy atom. The maximum Gasteiger partial charge on any atom is 0.255 e. The van der Waals surface area contributed by atoms with E-state index in [0.29, 0.717) is 28.0 Å². The van der Waals surface area contributed by atoms with Gasteiger partial charge in [-0.1, -0.05) is 11.6 Å². The molecule has 2 aromatic rings. The monoisotopic (exact) mass is 405 g/mol. The van der Waals surface area contributed by atoms with E-state index in [1.807, 2.05) is 14.1 Å². The standard InChI is InChI=1S/C20H25ClFN5O/c1-27(2)19-18(7-14(21)10-25-19)20(28)26-16-5-3-13(4-6-16)9-24-17-8-15(22)11-23-12-17/h7-8,10-13,16,24H,3-6,9H2,1-2H3,(H,26,28). The molecule has 1 aliphatic carbocycles. The van der Waals surface area contributed by atoms with Gasteiger partial charge in [-0.2, -0.15) is 0 Å². The van der Waals surface area contributed by atoms with E-state index in [4.69, 9.17) is 11.6 Å². The highest BCUT2D eigenvalue weighted by Crippen LogP contribution is 2.26. The predicted octanol–water partition coefficient (Wildman–Crippen LogP) is 3.74. The fourth-order valence-electron chi connectivity index (χ4n) is 3.50. The van der Waals surface area contributed by atoms with Crippen LogP contribution in [0.3, 0.4) is 0 Å². The minimum atomic E-state index is -0.344. The van der Waals surface area contributed by atoms with E-state index < -0.39 is 0 Å². The van der Waals surface area contributed by atoms with Crippen LogP contribution in [0.25, 0.3) is 0 Å². The van der Waals surface area contributed by atoms with Gasteiger partial charge in [-0.15, -0.1) is 0 Å². The average molecular weight is 406 g/mol. The van der Waals surface area contributed by atoms with Crippen LogP contribution in [0, 0.1) is 11.7 Å². The molecule has 0 bridgehead atoms. The third-order valence-corrected chi connectivity index (χ3v) is 5.19. The minimum Gasteiger partial charge on any atom is -0.383 e. The Morgan fingerprint density at radius 1 is 1.21 bits per heavy atom. The first-order valence-corrected chi connectivity index (χ1v) is 9.78. The summed E-state index contributed by atoms with van der Waals surface area (Å²) in [6, 6.07) is 3.23. The van der Waals surface area contributed by atoms with Gasteiger partial charge in [-0.05, 0) is 37.7 Å². The van der Waals surface area contributed by atoms with Crippen LogP contribution in [-0.4, -0.2) is 42.6 Å². The van der Waals surface area contributed by atoms with Crippen LogP contribution in [0.1, 0.15) is 36.0 Å². The number of hydrogen-bond acceptors (Lipinski definition) is 5. The normalized spacial score (nSPS) is 19.1. The second kappa shape index (κ2) is 9.19. The largest absolute Gasteiger partial charge is 0.383 e. The molecule has 0 saturated heterocycles. The van der Waals surface area contributed by atoms with E-state index in [1.54, 1.807) is 23.4 Å². The summed E-state index contributed by atoms with van der Waals surface area (Å²) in [6.07, 6.45) is 8.16. The first kappa shape index (κ1) is 20.3. The van der Waals surface area contributed by atoms with Gasteiger partial charge in [0.2, 0.25) is 0 Å². The van der Waals surface area contributed by atoms with Gasteiger partial charge in [0.1, 0.15) is 11.6 Å². The molecule has 150 valence electrons. The number of amides is 1. The third kappa shape index (κ3) is 5.32. The Kier molecular flexibility index (Phi) is 6.67. The van der Waals surface area contributed by atoms with E-state index in [1.165, 1.54) is 12.3 Å². The number of nitrogens with zero attached hydrogens (tertiary/aromatic N) is 3. The van der Waals surface area contributed by atoms with Crippen molar-refractivity contribution in [1.29, 1.82) is 0 Å². The van der Waals surface area contributed by atoms with Crippen molar-refractivity contribution < 1.29 is 9.18 Å². The van der Waals surface area contributed by atoms with Crippen molar-refractivity contribution in [1.82, 2.24) is 15.3 Å². The molecule has 0 aromatic carbocycles. The zero-order chi connectivity index (χ0) is 20.1. The zero-order valence-corrected chi connectivity index (χ0v) is 16.8. The lowest BCUT2D eigenvalue weighted by molar-refractivity contribution is 0.0923. The number of anilines is 2. The molecule has 8 heteroatoms. The molecular formula is C20H25ClFN5O. The number of carbonyl (C=O) groups is 1. The topological polar surface area (TPSA) is 70.2 Å². The van der Waals surface area contributed by atoms with Crippen LogP contribution in [0.2, 0.25) is 5.02 Å². The Balaban J connectivity index is 1.50. The first-order chi connectivity index (χ1) is 13.4. The summed E-state index contributed by atoms with van der Waals surface area (Å²) in [5.41, 5.74) is 1.18. The third-order valence-electron chi connectivity index (χ3n) is 4.98. The maximum atomic E-state index is 13.2. The molecule has 2 aromatic heterocycles.